The molecule has 3 rings (SSSR count). The maximum Gasteiger partial charge on any atom is 0.355 e. The molecule has 1 N–H and O–H groups in total. The van der Waals surface area contributed by atoms with Crippen molar-refractivity contribution < 1.29 is 38.7 Å². The van der Waals surface area contributed by atoms with Crippen molar-refractivity contribution in [3.05, 3.63) is 63.9 Å². The van der Waals surface area contributed by atoms with Crippen LogP contribution in [0.1, 0.15) is 19.4 Å². The standard InChI is InChI=1S/C26H30INO8/c1-5-11-33-26(32)23-18(14-34-20-8-7-17(9-10-29)13-19(20)27)15(3)22-21(24(30)28(22)23)16(4)25(31)36-35-12-6-2/h5-8,13,15-16,21-22,29H,1-2,9-12,14H2,3-4H3. The van der Waals surface area contributed by atoms with E-state index in [0.29, 0.717) is 17.7 Å². The number of benzene rings is 1. The number of halogens is 1. The third-order valence-corrected chi connectivity index (χ3v) is 7.18. The van der Waals surface area contributed by atoms with E-state index in [2.05, 4.69) is 35.7 Å². The van der Waals surface area contributed by atoms with Crippen molar-refractivity contribution in [2.24, 2.45) is 17.8 Å². The Morgan fingerprint density at radius 3 is 2.61 bits per heavy atom. The summed E-state index contributed by atoms with van der Waals surface area (Å²) in [6.45, 7) is 10.7. The normalized spacial score (nSPS) is 21.4. The predicted molar refractivity (Wildman–Crippen MR) is 138 cm³/mol. The van der Waals surface area contributed by atoms with Crippen LogP contribution in [0, 0.1) is 21.3 Å². The van der Waals surface area contributed by atoms with Gasteiger partial charge in [-0.25, -0.2) is 9.59 Å². The van der Waals surface area contributed by atoms with Crippen LogP contribution in [0.2, 0.25) is 0 Å². The predicted octanol–water partition coefficient (Wildman–Crippen LogP) is 2.96. The topological polar surface area (TPSA) is 112 Å². The summed E-state index contributed by atoms with van der Waals surface area (Å²) in [5.41, 5.74) is 1.74. The summed E-state index contributed by atoms with van der Waals surface area (Å²) in [5.74, 6) is -2.79. The van der Waals surface area contributed by atoms with Gasteiger partial charge < -0.3 is 19.5 Å². The Bertz CT molecular complexity index is 1070. The van der Waals surface area contributed by atoms with Crippen LogP contribution in [-0.2, 0) is 35.3 Å². The van der Waals surface area contributed by atoms with Crippen molar-refractivity contribution in [2.45, 2.75) is 26.3 Å². The van der Waals surface area contributed by atoms with Gasteiger partial charge in [-0.3, -0.25) is 9.68 Å². The number of carbonyl (C=O) groups excluding carboxylic acids is 3. The summed E-state index contributed by atoms with van der Waals surface area (Å²) in [7, 11) is 0. The van der Waals surface area contributed by atoms with Crippen LogP contribution < -0.4 is 4.74 Å². The average Bonchev–Trinajstić information content (AvgIpc) is 3.10. The zero-order valence-electron chi connectivity index (χ0n) is 20.3. The molecule has 1 aromatic rings. The van der Waals surface area contributed by atoms with Crippen molar-refractivity contribution in [2.75, 3.05) is 26.4 Å². The largest absolute Gasteiger partial charge is 0.488 e. The highest BCUT2D eigenvalue weighted by Gasteiger charge is 2.61. The number of esters is 1. The maximum absolute atomic E-state index is 13.2. The number of rotatable bonds is 13. The van der Waals surface area contributed by atoms with Gasteiger partial charge in [-0.2, -0.15) is 4.89 Å². The van der Waals surface area contributed by atoms with Crippen molar-refractivity contribution in [3.63, 3.8) is 0 Å². The number of carbonyl (C=O) groups is 3. The maximum atomic E-state index is 13.2. The van der Waals surface area contributed by atoms with Gasteiger partial charge in [-0.1, -0.05) is 38.6 Å². The van der Waals surface area contributed by atoms with E-state index < -0.39 is 29.8 Å². The minimum atomic E-state index is -0.781. The molecule has 10 heteroatoms. The van der Waals surface area contributed by atoms with Gasteiger partial charge >= 0.3 is 11.9 Å². The van der Waals surface area contributed by atoms with Crippen LogP contribution in [0.4, 0.5) is 0 Å². The van der Waals surface area contributed by atoms with Gasteiger partial charge in [0.2, 0.25) is 5.91 Å². The highest BCUT2D eigenvalue weighted by atomic mass is 127. The van der Waals surface area contributed by atoms with Crippen LogP contribution in [0.25, 0.3) is 0 Å². The Morgan fingerprint density at radius 1 is 1.25 bits per heavy atom. The molecule has 0 bridgehead atoms. The first-order valence-electron chi connectivity index (χ1n) is 11.6. The zero-order chi connectivity index (χ0) is 26.4. The minimum Gasteiger partial charge on any atom is -0.488 e. The molecule has 2 heterocycles. The first-order valence-corrected chi connectivity index (χ1v) is 12.6. The summed E-state index contributed by atoms with van der Waals surface area (Å²) < 4.78 is 12.2. The lowest BCUT2D eigenvalue weighted by atomic mass is 9.74. The molecule has 36 heavy (non-hydrogen) atoms. The number of fused-ring (bicyclic) bond motifs is 1. The average molecular weight is 611 g/mol. The number of amides is 1. The molecule has 0 saturated carbocycles. The molecule has 1 amide bonds. The lowest BCUT2D eigenvalue weighted by molar-refractivity contribution is -0.271. The summed E-state index contributed by atoms with van der Waals surface area (Å²) >= 11 is 2.15. The Labute approximate surface area is 223 Å². The number of β-lactam (4-membered cyclic amide) rings is 1. The third kappa shape index (κ3) is 5.65. The van der Waals surface area contributed by atoms with Crippen molar-refractivity contribution in [1.29, 1.82) is 0 Å². The van der Waals surface area contributed by atoms with Gasteiger partial charge in [0.1, 0.15) is 31.3 Å². The fourth-order valence-electron chi connectivity index (χ4n) is 4.51. The summed E-state index contributed by atoms with van der Waals surface area (Å²) in [6.07, 6.45) is 3.42. The first kappa shape index (κ1) is 27.9. The first-order chi connectivity index (χ1) is 17.3. The van der Waals surface area contributed by atoms with E-state index in [4.69, 9.17) is 24.4 Å². The molecule has 0 aromatic heterocycles. The highest BCUT2D eigenvalue weighted by Crippen LogP contribution is 2.49. The second kappa shape index (κ2) is 12.5. The SMILES string of the molecule is C=CCOOC(=O)C(C)C1C(=O)N2C(C(=O)OCC=C)=C(COc3ccc(CCO)cc3I)C(C)C12. The number of aliphatic hydroxyl groups is 1. The summed E-state index contributed by atoms with van der Waals surface area (Å²) in [4.78, 5) is 49.5. The number of hydrogen-bond donors (Lipinski definition) is 1. The lowest BCUT2D eigenvalue weighted by Gasteiger charge is -2.47. The van der Waals surface area contributed by atoms with E-state index >= 15 is 0 Å². The molecular formula is C26H30INO8. The van der Waals surface area contributed by atoms with Gasteiger partial charge in [0.15, 0.2) is 0 Å². The molecule has 2 aliphatic rings. The molecule has 1 saturated heterocycles. The molecule has 1 aromatic carbocycles. The second-order valence-corrected chi connectivity index (χ2v) is 9.73. The molecule has 194 valence electrons. The monoisotopic (exact) mass is 611 g/mol. The van der Waals surface area contributed by atoms with E-state index in [1.54, 1.807) is 6.92 Å². The van der Waals surface area contributed by atoms with Crippen molar-refractivity contribution in [3.8, 4) is 5.75 Å². The fraction of sp³-hybridized carbons (Fsp3) is 0.423. The van der Waals surface area contributed by atoms with Crippen molar-refractivity contribution >= 4 is 40.4 Å². The van der Waals surface area contributed by atoms with Gasteiger partial charge in [-0.05, 0) is 46.7 Å². The Morgan fingerprint density at radius 2 is 1.97 bits per heavy atom. The molecule has 9 nitrogen and oxygen atoms in total. The van der Waals surface area contributed by atoms with Crippen LogP contribution in [-0.4, -0.2) is 60.3 Å². The Kier molecular flexibility index (Phi) is 9.69. The zero-order valence-corrected chi connectivity index (χ0v) is 22.4. The molecule has 0 spiro atoms. The van der Waals surface area contributed by atoms with Crippen LogP contribution in [0.5, 0.6) is 5.75 Å². The third-order valence-electron chi connectivity index (χ3n) is 6.34. The number of ether oxygens (including phenoxy) is 2. The van der Waals surface area contributed by atoms with Crippen LogP contribution in [0.15, 0.2) is 54.8 Å². The molecule has 2 aliphatic heterocycles. The van der Waals surface area contributed by atoms with E-state index in [1.165, 1.54) is 17.1 Å². The quantitative estimate of drug-likeness (QED) is 0.0690. The van der Waals surface area contributed by atoms with Gasteiger partial charge in [0.25, 0.3) is 0 Å². The number of hydrogen-bond acceptors (Lipinski definition) is 8. The van der Waals surface area contributed by atoms with Crippen LogP contribution >= 0.6 is 22.6 Å². The fourth-order valence-corrected chi connectivity index (χ4v) is 5.24. The number of nitrogens with zero attached hydrogens (tertiary/aromatic N) is 1. The minimum absolute atomic E-state index is 0.00539. The summed E-state index contributed by atoms with van der Waals surface area (Å²) in [6, 6.07) is 5.18. The molecular weight excluding hydrogens is 581 g/mol. The van der Waals surface area contributed by atoms with Crippen molar-refractivity contribution in [1.82, 2.24) is 4.90 Å². The van der Waals surface area contributed by atoms with E-state index in [1.807, 2.05) is 25.1 Å². The second-order valence-electron chi connectivity index (χ2n) is 8.57. The van der Waals surface area contributed by atoms with E-state index in [0.717, 1.165) is 9.13 Å². The molecule has 0 aliphatic carbocycles. The van der Waals surface area contributed by atoms with E-state index in [9.17, 15) is 14.4 Å². The summed E-state index contributed by atoms with van der Waals surface area (Å²) in [5, 5.41) is 9.16. The molecule has 1 fully saturated rings. The smallest absolute Gasteiger partial charge is 0.355 e. The lowest BCUT2D eigenvalue weighted by Crippen LogP contribution is -2.63. The molecule has 4 atom stereocenters. The van der Waals surface area contributed by atoms with E-state index in [-0.39, 0.29) is 43.9 Å². The number of aliphatic hydroxyl groups excluding tert-OH is 1. The van der Waals surface area contributed by atoms with Crippen LogP contribution in [0.3, 0.4) is 0 Å². The Hall–Kier alpha value is -2.70. The van der Waals surface area contributed by atoms with Gasteiger partial charge in [0, 0.05) is 18.1 Å². The highest BCUT2D eigenvalue weighted by molar-refractivity contribution is 14.1. The Balaban J connectivity index is 1.83. The molecule has 4 unspecified atom stereocenters. The molecule has 0 radical (unpaired) electrons. The van der Waals surface area contributed by atoms with Gasteiger partial charge in [0.05, 0.1) is 21.4 Å². The van der Waals surface area contributed by atoms with Gasteiger partial charge in [-0.15, -0.1) is 6.58 Å².